The average molecular weight is 387 g/mol. The number of fused-ring (bicyclic) bond motifs is 1. The average Bonchev–Trinajstić information content (AvgIpc) is 2.64. The number of alkyl halides is 2. The van der Waals surface area contributed by atoms with Gasteiger partial charge in [0.25, 0.3) is 6.43 Å². The van der Waals surface area contributed by atoms with Gasteiger partial charge in [-0.25, -0.2) is 13.5 Å². The standard InChI is InChI=1S/C10H12F2IN3O3/c1-10(19-2-5(14)17)3-16-9(18-4-10)6(13)7(15-16)8(11)12/h8H,2-4H2,1H3,(H2,14,17)/t10-/m0/s1. The van der Waals surface area contributed by atoms with E-state index in [4.69, 9.17) is 15.2 Å². The molecular weight excluding hydrogens is 375 g/mol. The molecule has 0 fully saturated rings. The Balaban J connectivity index is 2.19. The molecule has 0 saturated carbocycles. The van der Waals surface area contributed by atoms with Gasteiger partial charge in [0.05, 0.1) is 6.54 Å². The van der Waals surface area contributed by atoms with E-state index in [1.165, 1.54) is 4.68 Å². The van der Waals surface area contributed by atoms with Gasteiger partial charge in [-0.05, 0) is 29.5 Å². The number of ether oxygens (including phenoxy) is 2. The lowest BCUT2D eigenvalue weighted by Crippen LogP contribution is -2.45. The molecule has 19 heavy (non-hydrogen) atoms. The van der Waals surface area contributed by atoms with Gasteiger partial charge in [0.2, 0.25) is 11.8 Å². The first-order valence-corrected chi connectivity index (χ1v) is 6.50. The van der Waals surface area contributed by atoms with E-state index in [0.717, 1.165) is 0 Å². The fourth-order valence-corrected chi connectivity index (χ4v) is 2.52. The molecule has 1 aliphatic rings. The van der Waals surface area contributed by atoms with Crippen molar-refractivity contribution in [2.75, 3.05) is 13.2 Å². The number of primary amides is 1. The highest BCUT2D eigenvalue weighted by Crippen LogP contribution is 2.35. The molecule has 1 amide bonds. The summed E-state index contributed by atoms with van der Waals surface area (Å²) in [5.41, 5.74) is 3.87. The number of hydrogen-bond acceptors (Lipinski definition) is 4. The van der Waals surface area contributed by atoms with Crippen molar-refractivity contribution in [2.24, 2.45) is 5.73 Å². The maximum Gasteiger partial charge on any atom is 0.283 e. The fraction of sp³-hybridized carbons (Fsp3) is 0.600. The van der Waals surface area contributed by atoms with Crippen LogP contribution in [-0.4, -0.2) is 34.5 Å². The third kappa shape index (κ3) is 2.96. The van der Waals surface area contributed by atoms with Crippen molar-refractivity contribution in [3.8, 4) is 5.88 Å². The van der Waals surface area contributed by atoms with Crippen molar-refractivity contribution in [1.29, 1.82) is 0 Å². The Hall–Kier alpha value is -0.970. The second-order valence-electron chi connectivity index (χ2n) is 4.46. The number of carbonyl (C=O) groups is 1. The van der Waals surface area contributed by atoms with Crippen LogP contribution in [0.4, 0.5) is 8.78 Å². The van der Waals surface area contributed by atoms with E-state index in [-0.39, 0.29) is 25.5 Å². The SMILES string of the molecule is C[C@@]1(OCC(N)=O)COc2c(I)c(C(F)F)nn2C1. The normalized spacial score (nSPS) is 22.2. The summed E-state index contributed by atoms with van der Waals surface area (Å²) in [4.78, 5) is 10.7. The maximum atomic E-state index is 12.7. The van der Waals surface area contributed by atoms with E-state index < -0.39 is 17.9 Å². The highest BCUT2D eigenvalue weighted by atomic mass is 127. The Labute approximate surface area is 121 Å². The molecular formula is C10H12F2IN3O3. The Morgan fingerprint density at radius 2 is 2.42 bits per heavy atom. The minimum atomic E-state index is -2.66. The quantitative estimate of drug-likeness (QED) is 0.785. The molecule has 0 radical (unpaired) electrons. The number of nitrogens with two attached hydrogens (primary N) is 1. The Morgan fingerprint density at radius 1 is 1.74 bits per heavy atom. The molecule has 106 valence electrons. The fourth-order valence-electron chi connectivity index (χ4n) is 1.74. The predicted molar refractivity (Wildman–Crippen MR) is 68.9 cm³/mol. The molecule has 9 heteroatoms. The zero-order chi connectivity index (χ0) is 14.2. The summed E-state index contributed by atoms with van der Waals surface area (Å²) in [6.45, 7) is 1.81. The molecule has 1 aromatic heterocycles. The summed E-state index contributed by atoms with van der Waals surface area (Å²) in [7, 11) is 0. The topological polar surface area (TPSA) is 79.4 Å². The van der Waals surface area contributed by atoms with Gasteiger partial charge in [0.1, 0.15) is 28.1 Å². The van der Waals surface area contributed by atoms with Gasteiger partial charge in [0.15, 0.2) is 0 Å². The monoisotopic (exact) mass is 387 g/mol. The van der Waals surface area contributed by atoms with E-state index in [2.05, 4.69) is 5.10 Å². The summed E-state index contributed by atoms with van der Waals surface area (Å²) >= 11 is 1.77. The van der Waals surface area contributed by atoms with Gasteiger partial charge in [-0.15, -0.1) is 0 Å². The van der Waals surface area contributed by atoms with E-state index in [9.17, 15) is 13.6 Å². The summed E-state index contributed by atoms with van der Waals surface area (Å²) in [6, 6.07) is 0. The minimum Gasteiger partial charge on any atom is -0.474 e. The van der Waals surface area contributed by atoms with Crippen LogP contribution in [0.15, 0.2) is 0 Å². The molecule has 2 N–H and O–H groups in total. The summed E-state index contributed by atoms with van der Waals surface area (Å²) in [6.07, 6.45) is -2.66. The molecule has 2 heterocycles. The first-order valence-electron chi connectivity index (χ1n) is 5.42. The van der Waals surface area contributed by atoms with Crippen LogP contribution in [0.5, 0.6) is 5.88 Å². The van der Waals surface area contributed by atoms with E-state index in [1.807, 2.05) is 0 Å². The Kier molecular flexibility index (Phi) is 3.95. The number of rotatable bonds is 4. The second kappa shape index (κ2) is 5.19. The van der Waals surface area contributed by atoms with Crippen molar-refractivity contribution in [2.45, 2.75) is 25.5 Å². The van der Waals surface area contributed by atoms with Crippen molar-refractivity contribution in [3.05, 3.63) is 9.26 Å². The molecule has 2 rings (SSSR count). The Morgan fingerprint density at radius 3 is 3.00 bits per heavy atom. The molecule has 0 spiro atoms. The van der Waals surface area contributed by atoms with Crippen LogP contribution >= 0.6 is 22.6 Å². The molecule has 6 nitrogen and oxygen atoms in total. The zero-order valence-electron chi connectivity index (χ0n) is 10.0. The molecule has 0 aliphatic carbocycles. The third-order valence-corrected chi connectivity index (χ3v) is 3.66. The van der Waals surface area contributed by atoms with Crippen molar-refractivity contribution < 1.29 is 23.0 Å². The van der Waals surface area contributed by atoms with Gasteiger partial charge < -0.3 is 15.2 Å². The molecule has 1 aliphatic heterocycles. The van der Waals surface area contributed by atoms with E-state index >= 15 is 0 Å². The minimum absolute atomic E-state index is 0.144. The molecule has 0 saturated heterocycles. The number of carbonyl (C=O) groups excluding carboxylic acids is 1. The van der Waals surface area contributed by atoms with Crippen LogP contribution < -0.4 is 10.5 Å². The van der Waals surface area contributed by atoms with E-state index in [1.54, 1.807) is 29.5 Å². The van der Waals surface area contributed by atoms with Gasteiger partial charge >= 0.3 is 0 Å². The van der Waals surface area contributed by atoms with Crippen LogP contribution in [0.3, 0.4) is 0 Å². The lowest BCUT2D eigenvalue weighted by molar-refractivity contribution is -0.135. The molecule has 1 atom stereocenters. The first-order chi connectivity index (χ1) is 8.82. The zero-order valence-corrected chi connectivity index (χ0v) is 12.2. The van der Waals surface area contributed by atoms with Crippen molar-refractivity contribution >= 4 is 28.5 Å². The van der Waals surface area contributed by atoms with Crippen LogP contribution in [-0.2, 0) is 16.1 Å². The number of amides is 1. The number of hydrogen-bond donors (Lipinski definition) is 1. The molecule has 0 unspecified atom stereocenters. The predicted octanol–water partition coefficient (Wildman–Crippen LogP) is 1.08. The largest absolute Gasteiger partial charge is 0.474 e. The Bertz CT molecular complexity index is 508. The van der Waals surface area contributed by atoms with Crippen LogP contribution in [0.1, 0.15) is 19.0 Å². The van der Waals surface area contributed by atoms with Crippen LogP contribution in [0.2, 0.25) is 0 Å². The van der Waals surface area contributed by atoms with Crippen molar-refractivity contribution in [1.82, 2.24) is 9.78 Å². The molecule has 1 aromatic rings. The van der Waals surface area contributed by atoms with Gasteiger partial charge in [0, 0.05) is 0 Å². The number of halogens is 3. The van der Waals surface area contributed by atoms with Gasteiger partial charge in [-0.2, -0.15) is 5.10 Å². The van der Waals surface area contributed by atoms with E-state index in [0.29, 0.717) is 9.45 Å². The maximum absolute atomic E-state index is 12.7. The van der Waals surface area contributed by atoms with Crippen LogP contribution in [0, 0.1) is 3.57 Å². The summed E-state index contributed by atoms with van der Waals surface area (Å²) in [5.74, 6) is -0.300. The number of nitrogens with zero attached hydrogens (tertiary/aromatic N) is 2. The van der Waals surface area contributed by atoms with Gasteiger partial charge in [-0.1, -0.05) is 0 Å². The first kappa shape index (κ1) is 14.4. The summed E-state index contributed by atoms with van der Waals surface area (Å²) in [5, 5.41) is 3.81. The van der Waals surface area contributed by atoms with Gasteiger partial charge in [-0.3, -0.25) is 4.79 Å². The van der Waals surface area contributed by atoms with Crippen LogP contribution in [0.25, 0.3) is 0 Å². The molecule has 0 bridgehead atoms. The smallest absolute Gasteiger partial charge is 0.283 e. The molecule has 0 aromatic carbocycles. The summed E-state index contributed by atoms with van der Waals surface area (Å²) < 4.78 is 37.9. The highest BCUT2D eigenvalue weighted by molar-refractivity contribution is 14.1. The van der Waals surface area contributed by atoms with Crippen molar-refractivity contribution in [3.63, 3.8) is 0 Å². The third-order valence-electron chi connectivity index (χ3n) is 2.64. The highest BCUT2D eigenvalue weighted by Gasteiger charge is 2.36. The number of aromatic nitrogens is 2. The lowest BCUT2D eigenvalue weighted by Gasteiger charge is -2.33. The lowest BCUT2D eigenvalue weighted by atomic mass is 10.1. The second-order valence-corrected chi connectivity index (χ2v) is 5.54.